The second kappa shape index (κ2) is 6.66. The van der Waals surface area contributed by atoms with E-state index >= 15 is 0 Å². The standard InChI is InChI=1S/C17H20FN3OS/c1-12(15-19-8-9-23-15)10-20-16(22)21-11-17(6-7-17)13-4-2-3-5-14(13)18/h2-5,8-9,12H,6-7,10-11H2,1H3,(H2,20,21,22). The van der Waals surface area contributed by atoms with Crippen LogP contribution in [-0.4, -0.2) is 24.1 Å². The van der Waals surface area contributed by atoms with E-state index in [4.69, 9.17) is 0 Å². The van der Waals surface area contributed by atoms with Crippen LogP contribution in [0, 0.1) is 5.82 Å². The van der Waals surface area contributed by atoms with Crippen LogP contribution in [0.1, 0.15) is 36.3 Å². The first kappa shape index (κ1) is 15.9. The van der Waals surface area contributed by atoms with Gasteiger partial charge in [0.25, 0.3) is 0 Å². The average Bonchev–Trinajstić information content (AvgIpc) is 3.13. The van der Waals surface area contributed by atoms with E-state index in [9.17, 15) is 9.18 Å². The number of hydrogen-bond acceptors (Lipinski definition) is 3. The van der Waals surface area contributed by atoms with Crippen LogP contribution in [0.4, 0.5) is 9.18 Å². The average molecular weight is 333 g/mol. The van der Waals surface area contributed by atoms with E-state index in [0.29, 0.717) is 18.7 Å². The van der Waals surface area contributed by atoms with Crippen LogP contribution in [-0.2, 0) is 5.41 Å². The zero-order chi connectivity index (χ0) is 16.3. The fraction of sp³-hybridized carbons (Fsp3) is 0.412. The maximum absolute atomic E-state index is 13.9. The second-order valence-electron chi connectivity index (χ2n) is 6.10. The van der Waals surface area contributed by atoms with Gasteiger partial charge in [-0.1, -0.05) is 25.1 Å². The molecule has 1 aromatic heterocycles. The molecule has 23 heavy (non-hydrogen) atoms. The van der Waals surface area contributed by atoms with E-state index in [2.05, 4.69) is 15.6 Å². The molecule has 1 aliphatic carbocycles. The van der Waals surface area contributed by atoms with Gasteiger partial charge in [0.2, 0.25) is 0 Å². The molecule has 1 unspecified atom stereocenters. The maximum atomic E-state index is 13.9. The van der Waals surface area contributed by atoms with Gasteiger partial charge in [0.15, 0.2) is 0 Å². The Kier molecular flexibility index (Phi) is 4.61. The Balaban J connectivity index is 1.49. The Morgan fingerprint density at radius 1 is 1.39 bits per heavy atom. The predicted octanol–water partition coefficient (Wildman–Crippen LogP) is 3.42. The van der Waals surface area contributed by atoms with Crippen molar-refractivity contribution in [1.29, 1.82) is 0 Å². The molecule has 0 aliphatic heterocycles. The first-order chi connectivity index (χ1) is 11.1. The molecular weight excluding hydrogens is 313 g/mol. The fourth-order valence-corrected chi connectivity index (χ4v) is 3.40. The summed E-state index contributed by atoms with van der Waals surface area (Å²) in [5, 5.41) is 8.68. The number of rotatable bonds is 6. The van der Waals surface area contributed by atoms with Crippen molar-refractivity contribution >= 4 is 17.4 Å². The van der Waals surface area contributed by atoms with E-state index in [1.807, 2.05) is 24.4 Å². The molecule has 1 heterocycles. The van der Waals surface area contributed by atoms with Gasteiger partial charge in [-0.3, -0.25) is 0 Å². The van der Waals surface area contributed by atoms with Crippen molar-refractivity contribution in [3.05, 3.63) is 52.2 Å². The van der Waals surface area contributed by atoms with Gasteiger partial charge in [0.05, 0.1) is 5.01 Å². The smallest absolute Gasteiger partial charge is 0.314 e. The number of benzene rings is 1. The molecule has 2 aromatic rings. The summed E-state index contributed by atoms with van der Waals surface area (Å²) in [7, 11) is 0. The second-order valence-corrected chi connectivity index (χ2v) is 7.02. The summed E-state index contributed by atoms with van der Waals surface area (Å²) in [6.45, 7) is 3.03. The molecule has 3 rings (SSSR count). The Morgan fingerprint density at radius 3 is 2.83 bits per heavy atom. The lowest BCUT2D eigenvalue weighted by molar-refractivity contribution is 0.239. The van der Waals surface area contributed by atoms with Crippen LogP contribution in [0.2, 0.25) is 0 Å². The Hall–Kier alpha value is -1.95. The first-order valence-electron chi connectivity index (χ1n) is 7.77. The van der Waals surface area contributed by atoms with Gasteiger partial charge in [0, 0.05) is 36.0 Å². The van der Waals surface area contributed by atoms with Crippen LogP contribution in [0.5, 0.6) is 0 Å². The van der Waals surface area contributed by atoms with Crippen LogP contribution in [0.3, 0.4) is 0 Å². The number of carbonyl (C=O) groups excluding carboxylic acids is 1. The van der Waals surface area contributed by atoms with Crippen molar-refractivity contribution < 1.29 is 9.18 Å². The molecular formula is C17H20FN3OS. The van der Waals surface area contributed by atoms with E-state index in [0.717, 1.165) is 17.8 Å². The van der Waals surface area contributed by atoms with Gasteiger partial charge < -0.3 is 10.6 Å². The van der Waals surface area contributed by atoms with Gasteiger partial charge in [-0.15, -0.1) is 11.3 Å². The van der Waals surface area contributed by atoms with Crippen LogP contribution < -0.4 is 10.6 Å². The summed E-state index contributed by atoms with van der Waals surface area (Å²) >= 11 is 1.58. The fourth-order valence-electron chi connectivity index (χ4n) is 2.71. The topological polar surface area (TPSA) is 54.0 Å². The Morgan fingerprint density at radius 2 is 2.17 bits per heavy atom. The third-order valence-corrected chi connectivity index (χ3v) is 5.33. The van der Waals surface area contributed by atoms with Gasteiger partial charge in [-0.25, -0.2) is 14.2 Å². The number of halogens is 1. The van der Waals surface area contributed by atoms with Crippen molar-refractivity contribution in [2.45, 2.75) is 31.1 Å². The third-order valence-electron chi connectivity index (χ3n) is 4.33. The van der Waals surface area contributed by atoms with E-state index in [1.165, 1.54) is 6.07 Å². The maximum Gasteiger partial charge on any atom is 0.314 e. The molecule has 4 nitrogen and oxygen atoms in total. The molecule has 6 heteroatoms. The van der Waals surface area contributed by atoms with Crippen molar-refractivity contribution in [3.8, 4) is 0 Å². The van der Waals surface area contributed by atoms with Crippen molar-refractivity contribution in [2.24, 2.45) is 0 Å². The van der Waals surface area contributed by atoms with Gasteiger partial charge in [0.1, 0.15) is 5.82 Å². The summed E-state index contributed by atoms with van der Waals surface area (Å²) in [5.41, 5.74) is 0.473. The molecule has 0 radical (unpaired) electrons. The van der Waals surface area contributed by atoms with E-state index in [-0.39, 0.29) is 23.2 Å². The summed E-state index contributed by atoms with van der Waals surface area (Å²) in [6, 6.07) is 6.61. The number of amides is 2. The highest BCUT2D eigenvalue weighted by Gasteiger charge is 2.45. The first-order valence-corrected chi connectivity index (χ1v) is 8.65. The normalized spacial score (nSPS) is 16.6. The molecule has 1 saturated carbocycles. The van der Waals surface area contributed by atoms with E-state index < -0.39 is 0 Å². The van der Waals surface area contributed by atoms with Crippen LogP contribution in [0.15, 0.2) is 35.8 Å². The van der Waals surface area contributed by atoms with E-state index in [1.54, 1.807) is 23.6 Å². The van der Waals surface area contributed by atoms with Crippen molar-refractivity contribution in [1.82, 2.24) is 15.6 Å². The number of nitrogens with one attached hydrogen (secondary N) is 2. The lowest BCUT2D eigenvalue weighted by Crippen LogP contribution is -2.41. The molecule has 2 amide bonds. The predicted molar refractivity (Wildman–Crippen MR) is 89.2 cm³/mol. The lowest BCUT2D eigenvalue weighted by atomic mass is 9.95. The molecule has 0 saturated heterocycles. The molecule has 122 valence electrons. The lowest BCUT2D eigenvalue weighted by Gasteiger charge is -2.18. The molecule has 1 aliphatic rings. The molecule has 0 bridgehead atoms. The summed E-state index contributed by atoms with van der Waals surface area (Å²) < 4.78 is 13.9. The number of urea groups is 1. The number of hydrogen-bond donors (Lipinski definition) is 2. The molecule has 0 spiro atoms. The summed E-state index contributed by atoms with van der Waals surface area (Å²) in [4.78, 5) is 16.2. The van der Waals surface area contributed by atoms with Gasteiger partial charge >= 0.3 is 6.03 Å². The Labute approximate surface area is 139 Å². The largest absolute Gasteiger partial charge is 0.337 e. The minimum Gasteiger partial charge on any atom is -0.337 e. The monoisotopic (exact) mass is 333 g/mol. The molecule has 2 N–H and O–H groups in total. The highest BCUT2D eigenvalue weighted by atomic mass is 32.1. The number of nitrogens with zero attached hydrogens (tertiary/aromatic N) is 1. The minimum absolute atomic E-state index is 0.183. The number of aromatic nitrogens is 1. The van der Waals surface area contributed by atoms with Crippen LogP contribution >= 0.6 is 11.3 Å². The number of carbonyl (C=O) groups is 1. The number of thiazole rings is 1. The van der Waals surface area contributed by atoms with Crippen molar-refractivity contribution in [2.75, 3.05) is 13.1 Å². The third kappa shape index (κ3) is 3.69. The molecule has 1 aromatic carbocycles. The summed E-state index contributed by atoms with van der Waals surface area (Å²) in [6.07, 6.45) is 3.58. The summed E-state index contributed by atoms with van der Waals surface area (Å²) in [5.74, 6) is -0.00759. The van der Waals surface area contributed by atoms with Crippen molar-refractivity contribution in [3.63, 3.8) is 0 Å². The molecule has 1 atom stereocenters. The van der Waals surface area contributed by atoms with Gasteiger partial charge in [-0.05, 0) is 24.5 Å². The zero-order valence-electron chi connectivity index (χ0n) is 13.0. The SMILES string of the molecule is CC(CNC(=O)NCC1(c2ccccc2F)CC1)c1nccs1. The Bertz CT molecular complexity index is 670. The van der Waals surface area contributed by atoms with Gasteiger partial charge in [-0.2, -0.15) is 0 Å². The quantitative estimate of drug-likeness (QED) is 0.851. The van der Waals surface area contributed by atoms with Crippen LogP contribution in [0.25, 0.3) is 0 Å². The highest BCUT2D eigenvalue weighted by Crippen LogP contribution is 2.48. The molecule has 1 fully saturated rings. The zero-order valence-corrected chi connectivity index (χ0v) is 13.8. The highest BCUT2D eigenvalue weighted by molar-refractivity contribution is 7.09. The minimum atomic E-state index is -0.233.